The van der Waals surface area contributed by atoms with E-state index in [0.29, 0.717) is 5.75 Å². The third-order valence-electron chi connectivity index (χ3n) is 6.24. The highest BCUT2D eigenvalue weighted by atomic mass is 16.3. The lowest BCUT2D eigenvalue weighted by Gasteiger charge is -2.30. The first-order valence-electron chi connectivity index (χ1n) is 11.2. The number of anilines is 1. The third kappa shape index (κ3) is 3.96. The predicted octanol–water partition coefficient (Wildman–Crippen LogP) is 6.47. The molecule has 0 spiro atoms. The van der Waals surface area contributed by atoms with Gasteiger partial charge in [-0.15, -0.1) is 0 Å². The number of piperidine rings is 1. The summed E-state index contributed by atoms with van der Waals surface area (Å²) in [5, 5.41) is 11.8. The maximum absolute atomic E-state index is 10.6. The Kier molecular flexibility index (Phi) is 5.49. The first-order chi connectivity index (χ1) is 15.3. The Morgan fingerprint density at radius 1 is 0.774 bits per heavy atom. The molecule has 5 rings (SSSR count). The van der Waals surface area contributed by atoms with Crippen molar-refractivity contribution in [2.24, 2.45) is 0 Å². The zero-order valence-corrected chi connectivity index (χ0v) is 17.7. The SMILES string of the molecule is Oc1ccc2c(ccn2CC=C(c2ccccc2)c2ccccc2)c1N1CCCCC1. The molecule has 31 heavy (non-hydrogen) atoms. The molecule has 3 heteroatoms. The summed E-state index contributed by atoms with van der Waals surface area (Å²) >= 11 is 0. The molecule has 156 valence electrons. The fraction of sp³-hybridized carbons (Fsp3) is 0.214. The Balaban J connectivity index is 1.53. The van der Waals surface area contributed by atoms with Crippen molar-refractivity contribution in [3.8, 4) is 5.75 Å². The normalized spacial score (nSPS) is 14.0. The molecule has 0 saturated carbocycles. The molecule has 0 atom stereocenters. The van der Waals surface area contributed by atoms with Crippen LogP contribution in [0.2, 0.25) is 0 Å². The first kappa shape index (κ1) is 19.5. The number of aromatic nitrogens is 1. The van der Waals surface area contributed by atoms with Gasteiger partial charge in [0.15, 0.2) is 0 Å². The van der Waals surface area contributed by atoms with Crippen LogP contribution in [0.25, 0.3) is 16.5 Å². The van der Waals surface area contributed by atoms with Crippen molar-refractivity contribution in [2.45, 2.75) is 25.8 Å². The molecule has 1 N–H and O–H groups in total. The number of fused-ring (bicyclic) bond motifs is 1. The summed E-state index contributed by atoms with van der Waals surface area (Å²) in [5.74, 6) is 0.386. The van der Waals surface area contributed by atoms with Crippen molar-refractivity contribution in [1.29, 1.82) is 0 Å². The Morgan fingerprint density at radius 3 is 2.06 bits per heavy atom. The average molecular weight is 409 g/mol. The Morgan fingerprint density at radius 2 is 1.42 bits per heavy atom. The fourth-order valence-electron chi connectivity index (χ4n) is 4.68. The summed E-state index contributed by atoms with van der Waals surface area (Å²) in [6, 6.07) is 27.2. The number of rotatable bonds is 5. The van der Waals surface area contributed by atoms with Gasteiger partial charge in [0, 0.05) is 31.2 Å². The lowest BCUT2D eigenvalue weighted by molar-refractivity contribution is 0.470. The molecule has 1 fully saturated rings. The summed E-state index contributed by atoms with van der Waals surface area (Å²) < 4.78 is 2.27. The van der Waals surface area contributed by atoms with Crippen molar-refractivity contribution in [3.63, 3.8) is 0 Å². The van der Waals surface area contributed by atoms with E-state index in [9.17, 15) is 5.11 Å². The average Bonchev–Trinajstić information content (AvgIpc) is 3.24. The third-order valence-corrected chi connectivity index (χ3v) is 6.24. The summed E-state index contributed by atoms with van der Waals surface area (Å²) in [7, 11) is 0. The molecular weight excluding hydrogens is 380 g/mol. The van der Waals surface area contributed by atoms with E-state index in [1.807, 2.05) is 12.1 Å². The van der Waals surface area contributed by atoms with E-state index in [2.05, 4.69) is 88.5 Å². The van der Waals surface area contributed by atoms with Gasteiger partial charge < -0.3 is 14.6 Å². The maximum Gasteiger partial charge on any atom is 0.139 e. The van der Waals surface area contributed by atoms with Gasteiger partial charge in [0.25, 0.3) is 0 Å². The van der Waals surface area contributed by atoms with E-state index >= 15 is 0 Å². The van der Waals surface area contributed by atoms with Gasteiger partial charge in [0.05, 0.1) is 11.2 Å². The van der Waals surface area contributed by atoms with E-state index in [1.54, 1.807) is 0 Å². The summed E-state index contributed by atoms with van der Waals surface area (Å²) in [5.41, 5.74) is 5.83. The van der Waals surface area contributed by atoms with E-state index in [0.717, 1.165) is 36.2 Å². The van der Waals surface area contributed by atoms with Crippen molar-refractivity contribution in [1.82, 2.24) is 4.57 Å². The van der Waals surface area contributed by atoms with Gasteiger partial charge in [0.1, 0.15) is 5.75 Å². The molecule has 0 aliphatic carbocycles. The summed E-state index contributed by atoms with van der Waals surface area (Å²) in [6.07, 6.45) is 8.10. The number of aromatic hydroxyl groups is 1. The molecule has 0 radical (unpaired) electrons. The van der Waals surface area contributed by atoms with Crippen molar-refractivity contribution < 1.29 is 5.11 Å². The van der Waals surface area contributed by atoms with Crippen LogP contribution < -0.4 is 4.90 Å². The van der Waals surface area contributed by atoms with Gasteiger partial charge in [0.2, 0.25) is 0 Å². The number of allylic oxidation sites excluding steroid dienone is 1. The molecule has 1 aliphatic rings. The fourth-order valence-corrected chi connectivity index (χ4v) is 4.68. The number of phenols is 1. The predicted molar refractivity (Wildman–Crippen MR) is 130 cm³/mol. The molecule has 1 saturated heterocycles. The molecule has 3 nitrogen and oxygen atoms in total. The minimum atomic E-state index is 0.386. The minimum absolute atomic E-state index is 0.386. The van der Waals surface area contributed by atoms with Crippen molar-refractivity contribution in [2.75, 3.05) is 18.0 Å². The second-order valence-electron chi connectivity index (χ2n) is 8.23. The van der Waals surface area contributed by atoms with Gasteiger partial charge in [-0.1, -0.05) is 66.7 Å². The standard InChI is InChI=1S/C28H28N2O/c31-27-15-14-26-25(28(27)30-18-8-3-9-19-30)17-21-29(26)20-16-24(22-10-4-1-5-11-22)23-12-6-2-7-13-23/h1-2,4-7,10-17,21,31H,3,8-9,18-20H2. The topological polar surface area (TPSA) is 28.4 Å². The number of benzene rings is 3. The van der Waals surface area contributed by atoms with Crippen LogP contribution in [0.5, 0.6) is 5.75 Å². The molecule has 1 aromatic heterocycles. The molecule has 0 unspecified atom stereocenters. The Labute approximate surface area is 183 Å². The number of nitrogens with zero attached hydrogens (tertiary/aromatic N) is 2. The molecule has 0 bridgehead atoms. The van der Waals surface area contributed by atoms with Gasteiger partial charge in [-0.05, 0) is 54.2 Å². The number of phenolic OH excluding ortho intramolecular Hbond substituents is 1. The highest BCUT2D eigenvalue weighted by molar-refractivity contribution is 5.96. The maximum atomic E-state index is 10.6. The summed E-state index contributed by atoms with van der Waals surface area (Å²) in [6.45, 7) is 2.81. The van der Waals surface area contributed by atoms with Crippen LogP contribution in [0.3, 0.4) is 0 Å². The van der Waals surface area contributed by atoms with Gasteiger partial charge in [-0.2, -0.15) is 0 Å². The minimum Gasteiger partial charge on any atom is -0.506 e. The quantitative estimate of drug-likeness (QED) is 0.410. The van der Waals surface area contributed by atoms with E-state index in [-0.39, 0.29) is 0 Å². The first-order valence-corrected chi connectivity index (χ1v) is 11.2. The second-order valence-corrected chi connectivity index (χ2v) is 8.23. The van der Waals surface area contributed by atoms with E-state index in [4.69, 9.17) is 0 Å². The van der Waals surface area contributed by atoms with Gasteiger partial charge in [-0.25, -0.2) is 0 Å². The molecule has 3 aromatic carbocycles. The summed E-state index contributed by atoms with van der Waals surface area (Å²) in [4.78, 5) is 2.35. The largest absolute Gasteiger partial charge is 0.506 e. The van der Waals surface area contributed by atoms with Crippen LogP contribution in [-0.4, -0.2) is 22.8 Å². The van der Waals surface area contributed by atoms with Crippen LogP contribution in [0.1, 0.15) is 30.4 Å². The smallest absolute Gasteiger partial charge is 0.139 e. The van der Waals surface area contributed by atoms with Crippen LogP contribution in [0.15, 0.2) is 91.1 Å². The lowest BCUT2D eigenvalue weighted by Crippen LogP contribution is -2.29. The van der Waals surface area contributed by atoms with E-state index < -0.39 is 0 Å². The molecular formula is C28H28N2O. The van der Waals surface area contributed by atoms with E-state index in [1.165, 1.54) is 36.0 Å². The monoisotopic (exact) mass is 408 g/mol. The highest BCUT2D eigenvalue weighted by Gasteiger charge is 2.18. The zero-order chi connectivity index (χ0) is 21.0. The number of hydrogen-bond acceptors (Lipinski definition) is 2. The Bertz CT molecular complexity index is 1140. The molecule has 2 heterocycles. The molecule has 4 aromatic rings. The van der Waals surface area contributed by atoms with Crippen LogP contribution in [0.4, 0.5) is 5.69 Å². The zero-order valence-electron chi connectivity index (χ0n) is 17.7. The molecule has 0 amide bonds. The van der Waals surface area contributed by atoms with Crippen LogP contribution >= 0.6 is 0 Å². The Hall–Kier alpha value is -3.46. The lowest BCUT2D eigenvalue weighted by atomic mass is 9.97. The van der Waals surface area contributed by atoms with Gasteiger partial charge >= 0.3 is 0 Å². The highest BCUT2D eigenvalue weighted by Crippen LogP contribution is 2.37. The van der Waals surface area contributed by atoms with Crippen LogP contribution in [0, 0.1) is 0 Å². The second kappa shape index (κ2) is 8.73. The van der Waals surface area contributed by atoms with Crippen molar-refractivity contribution >= 4 is 22.2 Å². The molecule has 1 aliphatic heterocycles. The van der Waals surface area contributed by atoms with Gasteiger partial charge in [-0.3, -0.25) is 0 Å². The number of hydrogen-bond donors (Lipinski definition) is 1. The van der Waals surface area contributed by atoms with Crippen molar-refractivity contribution in [3.05, 3.63) is 102 Å². The van der Waals surface area contributed by atoms with Crippen LogP contribution in [-0.2, 0) is 6.54 Å².